The number of alkyl halides is 3. The third-order valence-electron chi connectivity index (χ3n) is 5.94. The van der Waals surface area contributed by atoms with Gasteiger partial charge in [-0.3, -0.25) is 9.59 Å². The summed E-state index contributed by atoms with van der Waals surface area (Å²) in [5.74, 6) is -1.10. The molecule has 0 bridgehead atoms. The lowest BCUT2D eigenvalue weighted by Crippen LogP contribution is -2.46. The van der Waals surface area contributed by atoms with Gasteiger partial charge in [0, 0.05) is 43.5 Å². The Kier molecular flexibility index (Phi) is 5.89. The number of rotatable bonds is 4. The normalized spacial score (nSPS) is 20.2. The van der Waals surface area contributed by atoms with Crippen LogP contribution in [0.15, 0.2) is 54.6 Å². The van der Waals surface area contributed by atoms with Crippen LogP contribution in [0.25, 0.3) is 0 Å². The van der Waals surface area contributed by atoms with Crippen molar-refractivity contribution in [3.63, 3.8) is 0 Å². The molecule has 5 nitrogen and oxygen atoms in total. The Morgan fingerprint density at radius 1 is 0.968 bits per heavy atom. The summed E-state index contributed by atoms with van der Waals surface area (Å²) in [4.78, 5) is 28.7. The van der Waals surface area contributed by atoms with E-state index in [-0.39, 0.29) is 36.5 Å². The molecule has 0 spiro atoms. The Morgan fingerprint density at radius 3 is 2.32 bits per heavy atom. The van der Waals surface area contributed by atoms with Crippen molar-refractivity contribution in [3.8, 4) is 0 Å². The number of nitrogens with zero attached hydrogens (tertiary/aromatic N) is 2. The molecule has 2 aromatic carbocycles. The van der Waals surface area contributed by atoms with Gasteiger partial charge in [-0.25, -0.2) is 0 Å². The van der Waals surface area contributed by atoms with Crippen LogP contribution in [-0.4, -0.2) is 37.5 Å². The van der Waals surface area contributed by atoms with E-state index < -0.39 is 17.7 Å². The highest BCUT2D eigenvalue weighted by Gasteiger charge is 2.37. The average molecular weight is 431 g/mol. The van der Waals surface area contributed by atoms with Crippen molar-refractivity contribution in [1.29, 1.82) is 0 Å². The molecule has 0 radical (unpaired) electrons. The molecular weight excluding hydrogens is 407 g/mol. The standard InChI is InChI=1S/C23H24F3N3O2/c24-23(25,26)17-5-4-8-20(14-17)29-15-16(13-21(29)30)22(31)27-18-9-11-28(12-10-18)19-6-2-1-3-7-19/h1-8,14,16,18H,9-13,15H2,(H,27,31). The maximum Gasteiger partial charge on any atom is 0.416 e. The number of piperidine rings is 1. The molecular formula is C23H24F3N3O2. The van der Waals surface area contributed by atoms with Crippen LogP contribution in [0.1, 0.15) is 24.8 Å². The zero-order valence-corrected chi connectivity index (χ0v) is 16.9. The highest BCUT2D eigenvalue weighted by Crippen LogP contribution is 2.33. The van der Waals surface area contributed by atoms with Gasteiger partial charge in [0.1, 0.15) is 0 Å². The first-order valence-corrected chi connectivity index (χ1v) is 10.4. The van der Waals surface area contributed by atoms with Crippen molar-refractivity contribution >= 4 is 23.2 Å². The average Bonchev–Trinajstić information content (AvgIpc) is 3.16. The van der Waals surface area contributed by atoms with Crippen LogP contribution in [0.2, 0.25) is 0 Å². The van der Waals surface area contributed by atoms with E-state index >= 15 is 0 Å². The van der Waals surface area contributed by atoms with Gasteiger partial charge in [-0.05, 0) is 43.2 Å². The first-order chi connectivity index (χ1) is 14.8. The Bertz CT molecular complexity index is 941. The molecule has 1 atom stereocenters. The number of halogens is 3. The first kappa shape index (κ1) is 21.2. The Balaban J connectivity index is 1.33. The lowest BCUT2D eigenvalue weighted by atomic mass is 10.0. The van der Waals surface area contributed by atoms with Gasteiger partial charge in [-0.1, -0.05) is 24.3 Å². The summed E-state index contributed by atoms with van der Waals surface area (Å²) in [5.41, 5.74) is 0.521. The number of hydrogen-bond acceptors (Lipinski definition) is 3. The van der Waals surface area contributed by atoms with Crippen molar-refractivity contribution < 1.29 is 22.8 Å². The Labute approximate surface area is 178 Å². The highest BCUT2D eigenvalue weighted by atomic mass is 19.4. The van der Waals surface area contributed by atoms with E-state index in [1.54, 1.807) is 0 Å². The fourth-order valence-corrected chi connectivity index (χ4v) is 4.22. The Morgan fingerprint density at radius 2 is 1.65 bits per heavy atom. The van der Waals surface area contributed by atoms with E-state index in [9.17, 15) is 22.8 Å². The number of para-hydroxylation sites is 1. The topological polar surface area (TPSA) is 52.7 Å². The van der Waals surface area contributed by atoms with Crippen LogP contribution in [0.4, 0.5) is 24.5 Å². The van der Waals surface area contributed by atoms with Crippen LogP contribution in [-0.2, 0) is 15.8 Å². The number of nitrogens with one attached hydrogen (secondary N) is 1. The zero-order chi connectivity index (χ0) is 22.0. The summed E-state index contributed by atoms with van der Waals surface area (Å²) in [6, 6.07) is 14.8. The SMILES string of the molecule is O=C(NC1CCN(c2ccccc2)CC1)C1CC(=O)N(c2cccc(C(F)(F)F)c2)C1. The molecule has 2 fully saturated rings. The summed E-state index contributed by atoms with van der Waals surface area (Å²) in [5, 5.41) is 3.04. The summed E-state index contributed by atoms with van der Waals surface area (Å²) in [6.45, 7) is 1.75. The fourth-order valence-electron chi connectivity index (χ4n) is 4.22. The lowest BCUT2D eigenvalue weighted by Gasteiger charge is -2.34. The van der Waals surface area contributed by atoms with Gasteiger partial charge >= 0.3 is 6.18 Å². The fraction of sp³-hybridized carbons (Fsp3) is 0.391. The molecule has 4 rings (SSSR count). The van der Waals surface area contributed by atoms with Crippen LogP contribution in [0.5, 0.6) is 0 Å². The van der Waals surface area contributed by atoms with Gasteiger partial charge in [0.2, 0.25) is 11.8 Å². The molecule has 2 aromatic rings. The van der Waals surface area contributed by atoms with Crippen LogP contribution >= 0.6 is 0 Å². The summed E-state index contributed by atoms with van der Waals surface area (Å²) in [7, 11) is 0. The van der Waals surface area contributed by atoms with E-state index in [0.29, 0.717) is 0 Å². The molecule has 1 unspecified atom stereocenters. The molecule has 0 aromatic heterocycles. The molecule has 8 heteroatoms. The summed E-state index contributed by atoms with van der Waals surface area (Å²) in [6.07, 6.45) is -2.87. The van der Waals surface area contributed by atoms with E-state index in [4.69, 9.17) is 0 Å². The minimum Gasteiger partial charge on any atom is -0.371 e. The quantitative estimate of drug-likeness (QED) is 0.800. The maximum absolute atomic E-state index is 13.0. The second-order valence-electron chi connectivity index (χ2n) is 8.06. The maximum atomic E-state index is 13.0. The van der Waals surface area contributed by atoms with E-state index in [0.717, 1.165) is 43.8 Å². The van der Waals surface area contributed by atoms with Gasteiger partial charge < -0.3 is 15.1 Å². The first-order valence-electron chi connectivity index (χ1n) is 10.4. The molecule has 0 aliphatic carbocycles. The second-order valence-corrected chi connectivity index (χ2v) is 8.06. The van der Waals surface area contributed by atoms with Crippen LogP contribution in [0, 0.1) is 5.92 Å². The summed E-state index contributed by atoms with van der Waals surface area (Å²) >= 11 is 0. The summed E-state index contributed by atoms with van der Waals surface area (Å²) < 4.78 is 38.9. The second kappa shape index (κ2) is 8.61. The smallest absolute Gasteiger partial charge is 0.371 e. The van der Waals surface area contributed by atoms with Crippen molar-refractivity contribution in [2.45, 2.75) is 31.5 Å². The number of carbonyl (C=O) groups is 2. The van der Waals surface area contributed by atoms with Crippen LogP contribution in [0.3, 0.4) is 0 Å². The monoisotopic (exact) mass is 431 g/mol. The minimum atomic E-state index is -4.48. The van der Waals surface area contributed by atoms with Gasteiger partial charge in [-0.2, -0.15) is 13.2 Å². The van der Waals surface area contributed by atoms with E-state index in [1.165, 1.54) is 17.0 Å². The predicted molar refractivity (Wildman–Crippen MR) is 112 cm³/mol. The van der Waals surface area contributed by atoms with Crippen molar-refractivity contribution in [2.24, 2.45) is 5.92 Å². The van der Waals surface area contributed by atoms with Crippen LogP contribution < -0.4 is 15.1 Å². The van der Waals surface area contributed by atoms with Gasteiger partial charge in [0.15, 0.2) is 0 Å². The predicted octanol–water partition coefficient (Wildman–Crippen LogP) is 3.84. The largest absolute Gasteiger partial charge is 0.416 e. The molecule has 1 N–H and O–H groups in total. The third kappa shape index (κ3) is 4.84. The molecule has 31 heavy (non-hydrogen) atoms. The lowest BCUT2D eigenvalue weighted by molar-refractivity contribution is -0.137. The Hall–Kier alpha value is -3.03. The molecule has 2 saturated heterocycles. The van der Waals surface area contributed by atoms with E-state index in [2.05, 4.69) is 22.3 Å². The van der Waals surface area contributed by atoms with Crippen molar-refractivity contribution in [1.82, 2.24) is 5.32 Å². The van der Waals surface area contributed by atoms with Crippen molar-refractivity contribution in [3.05, 3.63) is 60.2 Å². The molecule has 2 aliphatic heterocycles. The molecule has 2 aliphatic rings. The molecule has 164 valence electrons. The third-order valence-corrected chi connectivity index (χ3v) is 5.94. The number of carbonyl (C=O) groups excluding carboxylic acids is 2. The van der Waals surface area contributed by atoms with E-state index in [1.807, 2.05) is 18.2 Å². The number of anilines is 2. The number of benzene rings is 2. The van der Waals surface area contributed by atoms with Gasteiger partial charge in [0.25, 0.3) is 0 Å². The number of hydrogen-bond donors (Lipinski definition) is 1. The van der Waals surface area contributed by atoms with Gasteiger partial charge in [-0.15, -0.1) is 0 Å². The molecule has 2 amide bonds. The number of amides is 2. The molecule has 2 heterocycles. The minimum absolute atomic E-state index is 0.00490. The van der Waals surface area contributed by atoms with Gasteiger partial charge in [0.05, 0.1) is 11.5 Å². The van der Waals surface area contributed by atoms with Crippen molar-refractivity contribution in [2.75, 3.05) is 29.4 Å². The molecule has 0 saturated carbocycles. The zero-order valence-electron chi connectivity index (χ0n) is 16.9. The highest BCUT2D eigenvalue weighted by molar-refractivity contribution is 6.00.